The summed E-state index contributed by atoms with van der Waals surface area (Å²) in [5.41, 5.74) is 5.98. The van der Waals surface area contributed by atoms with Gasteiger partial charge in [-0.3, -0.25) is 4.79 Å². The number of carbonyl (C=O) groups excluding carboxylic acids is 1. The predicted octanol–water partition coefficient (Wildman–Crippen LogP) is 1.40. The highest BCUT2D eigenvalue weighted by atomic mass is 16.1. The molecule has 0 bridgehead atoms. The summed E-state index contributed by atoms with van der Waals surface area (Å²) in [7, 11) is 4.10. The van der Waals surface area contributed by atoms with Gasteiger partial charge in [-0.25, -0.2) is 0 Å². The second-order valence-corrected chi connectivity index (χ2v) is 4.86. The van der Waals surface area contributed by atoms with Crippen LogP contribution in [0.25, 0.3) is 0 Å². The molecule has 0 aromatic heterocycles. The van der Waals surface area contributed by atoms with E-state index in [2.05, 4.69) is 18.7 Å². The summed E-state index contributed by atoms with van der Waals surface area (Å²) < 4.78 is 0. The molecule has 2 N–H and O–H groups in total. The van der Waals surface area contributed by atoms with Gasteiger partial charge in [0.25, 0.3) is 0 Å². The Kier molecular flexibility index (Phi) is 4.85. The molecule has 3 heteroatoms. The Morgan fingerprint density at radius 2 is 1.93 bits per heavy atom. The van der Waals surface area contributed by atoms with Gasteiger partial charge in [0, 0.05) is 12.1 Å². The van der Waals surface area contributed by atoms with E-state index in [9.17, 15) is 4.79 Å². The number of amides is 1. The van der Waals surface area contributed by atoms with Crippen LogP contribution in [0, 0.1) is 5.41 Å². The van der Waals surface area contributed by atoms with Gasteiger partial charge in [0.2, 0.25) is 5.91 Å². The fraction of sp³-hybridized carbons (Fsp3) is 0.727. The molecule has 0 aliphatic rings. The van der Waals surface area contributed by atoms with Crippen LogP contribution in [0.2, 0.25) is 0 Å². The summed E-state index contributed by atoms with van der Waals surface area (Å²) in [5.74, 6) is -0.328. The molecule has 0 unspecified atom stereocenters. The average Bonchev–Trinajstić information content (AvgIpc) is 1.97. The van der Waals surface area contributed by atoms with E-state index < -0.39 is 0 Å². The molecule has 0 heterocycles. The van der Waals surface area contributed by atoms with Crippen molar-refractivity contribution in [1.82, 2.24) is 4.90 Å². The van der Waals surface area contributed by atoms with E-state index in [1.165, 1.54) is 0 Å². The average molecular weight is 198 g/mol. The van der Waals surface area contributed by atoms with Crippen LogP contribution in [-0.4, -0.2) is 31.4 Å². The van der Waals surface area contributed by atoms with Crippen LogP contribution < -0.4 is 5.73 Å². The van der Waals surface area contributed by atoms with Crippen LogP contribution in [0.5, 0.6) is 0 Å². The van der Waals surface area contributed by atoms with Gasteiger partial charge in [-0.15, -0.1) is 0 Å². The molecule has 82 valence electrons. The number of nitrogens with two attached hydrogens (primary N) is 1. The molecule has 0 saturated heterocycles. The topological polar surface area (TPSA) is 46.3 Å². The number of nitrogens with zero attached hydrogens (tertiary/aromatic N) is 1. The second kappa shape index (κ2) is 5.15. The van der Waals surface area contributed by atoms with Crippen molar-refractivity contribution in [3.63, 3.8) is 0 Å². The molecule has 0 fully saturated rings. The minimum Gasteiger partial charge on any atom is -0.366 e. The summed E-state index contributed by atoms with van der Waals surface area (Å²) in [6.07, 6.45) is 2.80. The minimum absolute atomic E-state index is 0.181. The predicted molar refractivity (Wildman–Crippen MR) is 59.9 cm³/mol. The maximum Gasteiger partial charge on any atom is 0.244 e. The molecule has 0 radical (unpaired) electrons. The summed E-state index contributed by atoms with van der Waals surface area (Å²) in [6, 6.07) is 0. The number of primary amides is 1. The van der Waals surface area contributed by atoms with Crippen LogP contribution in [0.3, 0.4) is 0 Å². The van der Waals surface area contributed by atoms with Gasteiger partial charge in [-0.2, -0.15) is 0 Å². The molecule has 0 spiro atoms. The maximum absolute atomic E-state index is 10.8. The third kappa shape index (κ3) is 5.75. The van der Waals surface area contributed by atoms with Gasteiger partial charge in [0.1, 0.15) is 0 Å². The van der Waals surface area contributed by atoms with Crippen molar-refractivity contribution >= 4 is 5.91 Å². The highest BCUT2D eigenvalue weighted by Gasteiger charge is 2.17. The van der Waals surface area contributed by atoms with Crippen LogP contribution >= 0.6 is 0 Å². The van der Waals surface area contributed by atoms with Gasteiger partial charge in [-0.05, 0) is 32.9 Å². The van der Waals surface area contributed by atoms with Crippen LogP contribution in [-0.2, 0) is 4.79 Å². The number of hydrogen-bond donors (Lipinski definition) is 1. The Bertz CT molecular complexity index is 229. The smallest absolute Gasteiger partial charge is 0.244 e. The standard InChI is InChI=1S/C11H22N2O/c1-9(10(12)14)6-7-11(2,3)8-13(4)5/h6H,7-8H2,1-5H3,(H2,12,14)/b9-6+. The Morgan fingerprint density at radius 3 is 2.29 bits per heavy atom. The molecule has 14 heavy (non-hydrogen) atoms. The molecule has 1 amide bonds. The van der Waals surface area contributed by atoms with Crippen LogP contribution in [0.4, 0.5) is 0 Å². The van der Waals surface area contributed by atoms with E-state index in [0.29, 0.717) is 5.57 Å². The molecule has 0 aliphatic heterocycles. The van der Waals surface area contributed by atoms with Crippen molar-refractivity contribution in [2.24, 2.45) is 11.1 Å². The van der Waals surface area contributed by atoms with Gasteiger partial charge in [0.15, 0.2) is 0 Å². The lowest BCUT2D eigenvalue weighted by Crippen LogP contribution is -2.28. The first-order valence-electron chi connectivity index (χ1n) is 4.86. The number of rotatable bonds is 5. The van der Waals surface area contributed by atoms with E-state index in [-0.39, 0.29) is 11.3 Å². The monoisotopic (exact) mass is 198 g/mol. The van der Waals surface area contributed by atoms with Crippen molar-refractivity contribution in [3.05, 3.63) is 11.6 Å². The minimum atomic E-state index is -0.328. The number of carbonyl (C=O) groups is 1. The first-order valence-corrected chi connectivity index (χ1v) is 4.86. The molecule has 0 rings (SSSR count). The fourth-order valence-corrected chi connectivity index (χ4v) is 1.45. The largest absolute Gasteiger partial charge is 0.366 e. The highest BCUT2D eigenvalue weighted by Crippen LogP contribution is 2.22. The summed E-state index contributed by atoms with van der Waals surface area (Å²) in [6.45, 7) is 7.11. The van der Waals surface area contributed by atoms with Crippen LogP contribution in [0.1, 0.15) is 27.2 Å². The summed E-state index contributed by atoms with van der Waals surface area (Å²) in [4.78, 5) is 12.9. The highest BCUT2D eigenvalue weighted by molar-refractivity contribution is 5.91. The maximum atomic E-state index is 10.8. The van der Waals surface area contributed by atoms with Crippen LogP contribution in [0.15, 0.2) is 11.6 Å². The molecule has 0 saturated carbocycles. The van der Waals surface area contributed by atoms with Crippen molar-refractivity contribution in [3.8, 4) is 0 Å². The zero-order valence-electron chi connectivity index (χ0n) is 9.92. The fourth-order valence-electron chi connectivity index (χ4n) is 1.45. The van der Waals surface area contributed by atoms with Crippen molar-refractivity contribution in [2.75, 3.05) is 20.6 Å². The van der Waals surface area contributed by atoms with Crippen molar-refractivity contribution < 1.29 is 4.79 Å². The Balaban J connectivity index is 4.23. The Labute approximate surface area is 87.0 Å². The van der Waals surface area contributed by atoms with E-state index in [0.717, 1.165) is 13.0 Å². The summed E-state index contributed by atoms with van der Waals surface area (Å²) in [5, 5.41) is 0. The quantitative estimate of drug-likeness (QED) is 0.679. The molecule has 0 atom stereocenters. The van der Waals surface area contributed by atoms with E-state index in [1.54, 1.807) is 6.92 Å². The lowest BCUT2D eigenvalue weighted by Gasteiger charge is -2.27. The SMILES string of the molecule is C/C(=C\CC(C)(C)CN(C)C)C(N)=O. The summed E-state index contributed by atoms with van der Waals surface area (Å²) >= 11 is 0. The third-order valence-electron chi connectivity index (χ3n) is 2.09. The number of hydrogen-bond acceptors (Lipinski definition) is 2. The number of allylic oxidation sites excluding steroid dienone is 1. The molecule has 3 nitrogen and oxygen atoms in total. The lowest BCUT2D eigenvalue weighted by molar-refractivity contribution is -0.114. The molecular formula is C11H22N2O. The van der Waals surface area contributed by atoms with E-state index >= 15 is 0 Å². The zero-order valence-corrected chi connectivity index (χ0v) is 9.92. The normalized spacial score (nSPS) is 13.4. The molecular weight excluding hydrogens is 176 g/mol. The van der Waals surface area contributed by atoms with Crippen molar-refractivity contribution in [2.45, 2.75) is 27.2 Å². The lowest BCUT2D eigenvalue weighted by atomic mass is 9.88. The van der Waals surface area contributed by atoms with Gasteiger partial charge >= 0.3 is 0 Å². The second-order valence-electron chi connectivity index (χ2n) is 4.86. The van der Waals surface area contributed by atoms with Gasteiger partial charge in [-0.1, -0.05) is 19.9 Å². The Morgan fingerprint density at radius 1 is 1.43 bits per heavy atom. The first kappa shape index (κ1) is 13.2. The van der Waals surface area contributed by atoms with E-state index in [4.69, 9.17) is 5.73 Å². The molecule has 0 aliphatic carbocycles. The van der Waals surface area contributed by atoms with Gasteiger partial charge in [0.05, 0.1) is 0 Å². The zero-order chi connectivity index (χ0) is 11.4. The van der Waals surface area contributed by atoms with E-state index in [1.807, 2.05) is 20.2 Å². The third-order valence-corrected chi connectivity index (χ3v) is 2.09. The molecule has 0 aromatic rings. The molecule has 0 aromatic carbocycles. The van der Waals surface area contributed by atoms with Crippen molar-refractivity contribution in [1.29, 1.82) is 0 Å². The van der Waals surface area contributed by atoms with Gasteiger partial charge < -0.3 is 10.6 Å². The Hall–Kier alpha value is -0.830. The first-order chi connectivity index (χ1) is 6.24.